The van der Waals surface area contributed by atoms with E-state index in [0.717, 1.165) is 24.6 Å². The molecule has 1 aromatic heterocycles. The Morgan fingerprint density at radius 1 is 1.53 bits per heavy atom. The van der Waals surface area contributed by atoms with Gasteiger partial charge in [0.1, 0.15) is 0 Å². The lowest BCUT2D eigenvalue weighted by molar-refractivity contribution is 0.181. The molecule has 5 heteroatoms. The molecule has 0 bridgehead atoms. The average Bonchev–Trinajstić information content (AvgIpc) is 2.97. The third kappa shape index (κ3) is 2.54. The zero-order chi connectivity index (χ0) is 10.7. The topological polar surface area (TPSA) is 66.0 Å². The van der Waals surface area contributed by atoms with E-state index in [1.165, 1.54) is 18.5 Å². The van der Waals surface area contributed by atoms with Crippen LogP contribution in [0.3, 0.4) is 0 Å². The van der Waals surface area contributed by atoms with E-state index in [0.29, 0.717) is 13.2 Å². The van der Waals surface area contributed by atoms with Crippen molar-refractivity contribution in [1.29, 1.82) is 0 Å². The van der Waals surface area contributed by atoms with Gasteiger partial charge in [-0.05, 0) is 25.2 Å². The number of rotatable bonds is 6. The molecule has 1 aliphatic rings. The fourth-order valence-electron chi connectivity index (χ4n) is 1.70. The van der Waals surface area contributed by atoms with Crippen LogP contribution in [0, 0.1) is 5.92 Å². The molecule has 0 saturated heterocycles. The van der Waals surface area contributed by atoms with Gasteiger partial charge in [0.25, 0.3) is 0 Å². The van der Waals surface area contributed by atoms with Crippen molar-refractivity contribution in [1.82, 2.24) is 15.0 Å². The van der Waals surface area contributed by atoms with Gasteiger partial charge in [-0.1, -0.05) is 5.21 Å². The maximum Gasteiger partial charge on any atom is 0.0994 e. The molecule has 0 amide bonds. The maximum atomic E-state index is 5.64. The van der Waals surface area contributed by atoms with Crippen molar-refractivity contribution in [2.45, 2.75) is 32.4 Å². The van der Waals surface area contributed by atoms with Crippen LogP contribution in [-0.2, 0) is 24.2 Å². The van der Waals surface area contributed by atoms with Crippen LogP contribution in [0.1, 0.15) is 24.2 Å². The fourth-order valence-corrected chi connectivity index (χ4v) is 1.70. The molecule has 0 aromatic carbocycles. The van der Waals surface area contributed by atoms with Gasteiger partial charge in [0, 0.05) is 13.7 Å². The molecule has 1 heterocycles. The highest BCUT2D eigenvalue weighted by Crippen LogP contribution is 2.33. The lowest BCUT2D eigenvalue weighted by Gasteiger charge is -2.06. The van der Waals surface area contributed by atoms with Crippen LogP contribution in [0.15, 0.2) is 0 Å². The van der Waals surface area contributed by atoms with Crippen molar-refractivity contribution in [3.8, 4) is 0 Å². The van der Waals surface area contributed by atoms with Gasteiger partial charge in [0.15, 0.2) is 0 Å². The summed E-state index contributed by atoms with van der Waals surface area (Å²) in [5, 5.41) is 8.21. The molecule has 0 unspecified atom stereocenters. The normalized spacial score (nSPS) is 15.9. The summed E-state index contributed by atoms with van der Waals surface area (Å²) in [4.78, 5) is 0. The number of nitrogens with zero attached hydrogens (tertiary/aromatic N) is 3. The fraction of sp³-hybridized carbons (Fsp3) is 0.800. The van der Waals surface area contributed by atoms with Crippen LogP contribution in [-0.4, -0.2) is 28.7 Å². The van der Waals surface area contributed by atoms with Crippen LogP contribution in [0.25, 0.3) is 0 Å². The van der Waals surface area contributed by atoms with Crippen LogP contribution in [0.5, 0.6) is 0 Å². The average molecular weight is 210 g/mol. The van der Waals surface area contributed by atoms with Crippen LogP contribution in [0.4, 0.5) is 0 Å². The largest absolute Gasteiger partial charge is 0.383 e. The van der Waals surface area contributed by atoms with Gasteiger partial charge in [0.2, 0.25) is 0 Å². The van der Waals surface area contributed by atoms with E-state index < -0.39 is 0 Å². The van der Waals surface area contributed by atoms with E-state index in [1.54, 1.807) is 7.11 Å². The molecular formula is C10H18N4O. The Balaban J connectivity index is 2.08. The second-order valence-electron chi connectivity index (χ2n) is 4.05. The van der Waals surface area contributed by atoms with Crippen LogP contribution in [0.2, 0.25) is 0 Å². The Labute approximate surface area is 89.6 Å². The quantitative estimate of drug-likeness (QED) is 0.735. The first kappa shape index (κ1) is 10.6. The van der Waals surface area contributed by atoms with Crippen molar-refractivity contribution in [2.24, 2.45) is 11.7 Å². The predicted molar refractivity (Wildman–Crippen MR) is 56.2 cm³/mol. The van der Waals surface area contributed by atoms with Gasteiger partial charge in [0.05, 0.1) is 24.5 Å². The second-order valence-corrected chi connectivity index (χ2v) is 4.05. The number of aromatic nitrogens is 3. The van der Waals surface area contributed by atoms with E-state index in [9.17, 15) is 0 Å². The zero-order valence-corrected chi connectivity index (χ0v) is 9.15. The molecule has 2 rings (SSSR count). The Morgan fingerprint density at radius 2 is 2.33 bits per heavy atom. The summed E-state index contributed by atoms with van der Waals surface area (Å²) in [6, 6.07) is 0. The van der Waals surface area contributed by atoms with E-state index in [4.69, 9.17) is 10.5 Å². The van der Waals surface area contributed by atoms with Crippen molar-refractivity contribution >= 4 is 0 Å². The lowest BCUT2D eigenvalue weighted by Crippen LogP contribution is -2.11. The summed E-state index contributed by atoms with van der Waals surface area (Å²) in [5.41, 5.74) is 7.79. The smallest absolute Gasteiger partial charge is 0.0994 e. The summed E-state index contributed by atoms with van der Waals surface area (Å²) in [6.45, 7) is 1.92. The summed E-state index contributed by atoms with van der Waals surface area (Å²) in [6.07, 6.45) is 3.74. The van der Waals surface area contributed by atoms with Crippen LogP contribution >= 0.6 is 0 Å². The first-order valence-electron chi connectivity index (χ1n) is 5.45. The van der Waals surface area contributed by atoms with E-state index in [2.05, 4.69) is 10.3 Å². The number of nitrogens with two attached hydrogens (primary N) is 1. The van der Waals surface area contributed by atoms with Gasteiger partial charge >= 0.3 is 0 Å². The third-order valence-electron chi connectivity index (χ3n) is 2.80. The van der Waals surface area contributed by atoms with Crippen molar-refractivity contribution in [3.05, 3.63) is 11.4 Å². The highest BCUT2D eigenvalue weighted by molar-refractivity contribution is 5.12. The molecule has 2 N–H and O–H groups in total. The van der Waals surface area contributed by atoms with Gasteiger partial charge < -0.3 is 10.5 Å². The molecule has 0 radical (unpaired) electrons. The second kappa shape index (κ2) is 4.72. The number of methoxy groups -OCH3 is 1. The van der Waals surface area contributed by atoms with E-state index in [-0.39, 0.29) is 0 Å². The zero-order valence-electron chi connectivity index (χ0n) is 9.15. The standard InChI is InChI=1S/C10H18N4O/c1-15-5-4-14-10(6-8-2-3-8)9(7-11)12-13-14/h8H,2-7,11H2,1H3. The van der Waals surface area contributed by atoms with E-state index >= 15 is 0 Å². The van der Waals surface area contributed by atoms with Crippen molar-refractivity contribution in [2.75, 3.05) is 13.7 Å². The van der Waals surface area contributed by atoms with Crippen molar-refractivity contribution in [3.63, 3.8) is 0 Å². The third-order valence-corrected chi connectivity index (χ3v) is 2.80. The molecular weight excluding hydrogens is 192 g/mol. The van der Waals surface area contributed by atoms with Gasteiger partial charge in [-0.25, -0.2) is 4.68 Å². The summed E-state index contributed by atoms with van der Waals surface area (Å²) < 4.78 is 6.98. The Bertz CT molecular complexity index is 319. The molecule has 1 saturated carbocycles. The Kier molecular flexibility index (Phi) is 3.33. The molecule has 0 spiro atoms. The van der Waals surface area contributed by atoms with Crippen molar-refractivity contribution < 1.29 is 4.74 Å². The molecule has 0 atom stereocenters. The molecule has 1 fully saturated rings. The summed E-state index contributed by atoms with van der Waals surface area (Å²) in [7, 11) is 1.70. The Hall–Kier alpha value is -0.940. The first-order valence-corrected chi connectivity index (χ1v) is 5.45. The number of hydrogen-bond donors (Lipinski definition) is 1. The van der Waals surface area contributed by atoms with Crippen LogP contribution < -0.4 is 5.73 Å². The van der Waals surface area contributed by atoms with Gasteiger partial charge in [-0.15, -0.1) is 5.10 Å². The minimum Gasteiger partial charge on any atom is -0.383 e. The summed E-state index contributed by atoms with van der Waals surface area (Å²) >= 11 is 0. The summed E-state index contributed by atoms with van der Waals surface area (Å²) in [5.74, 6) is 0.829. The molecule has 84 valence electrons. The molecule has 1 aliphatic carbocycles. The highest BCUT2D eigenvalue weighted by atomic mass is 16.5. The molecule has 5 nitrogen and oxygen atoms in total. The number of ether oxygens (including phenoxy) is 1. The monoisotopic (exact) mass is 210 g/mol. The SMILES string of the molecule is COCCn1nnc(CN)c1CC1CC1. The van der Waals surface area contributed by atoms with Gasteiger partial charge in [-0.3, -0.25) is 0 Å². The number of hydrogen-bond acceptors (Lipinski definition) is 4. The maximum absolute atomic E-state index is 5.64. The molecule has 15 heavy (non-hydrogen) atoms. The molecule has 0 aliphatic heterocycles. The minimum atomic E-state index is 0.481. The van der Waals surface area contributed by atoms with E-state index in [1.807, 2.05) is 4.68 Å². The highest BCUT2D eigenvalue weighted by Gasteiger charge is 2.25. The molecule has 1 aromatic rings. The lowest BCUT2D eigenvalue weighted by atomic mass is 10.2. The first-order chi connectivity index (χ1) is 7.35. The predicted octanol–water partition coefficient (Wildman–Crippen LogP) is 0.336. The minimum absolute atomic E-state index is 0.481. The van der Waals surface area contributed by atoms with Gasteiger partial charge in [-0.2, -0.15) is 0 Å². The Morgan fingerprint density at radius 3 is 2.93 bits per heavy atom.